The van der Waals surface area contributed by atoms with E-state index in [1.54, 1.807) is 30.5 Å². The normalized spacial score (nSPS) is 18.9. The topological polar surface area (TPSA) is 73.7 Å². The largest absolute Gasteiger partial charge is 0.507 e. The maximum Gasteiger partial charge on any atom is 0.295 e. The van der Waals surface area contributed by atoms with Crippen molar-refractivity contribution in [2.24, 2.45) is 0 Å². The molecule has 1 N–H and O–H groups in total. The average Bonchev–Trinajstić information content (AvgIpc) is 2.93. The van der Waals surface area contributed by atoms with Gasteiger partial charge < -0.3 is 14.9 Å². The van der Waals surface area contributed by atoms with E-state index in [0.29, 0.717) is 24.2 Å². The van der Waals surface area contributed by atoms with Gasteiger partial charge in [0.15, 0.2) is 0 Å². The van der Waals surface area contributed by atoms with Crippen LogP contribution in [0.15, 0.2) is 54.2 Å². The number of likely N-dealkylation sites (tertiary alicyclic amines) is 1. The molecule has 6 nitrogen and oxygen atoms in total. The highest BCUT2D eigenvalue weighted by Gasteiger charge is 2.46. The zero-order chi connectivity index (χ0) is 20.3. The van der Waals surface area contributed by atoms with Gasteiger partial charge in [0.1, 0.15) is 11.8 Å². The van der Waals surface area contributed by atoms with Crippen LogP contribution in [0.5, 0.6) is 0 Å². The molecule has 1 amide bonds. The molecule has 1 aliphatic heterocycles. The van der Waals surface area contributed by atoms with Gasteiger partial charge in [-0.2, -0.15) is 0 Å². The molecular formula is C22H25N3O3. The lowest BCUT2D eigenvalue weighted by atomic mass is 9.98. The summed E-state index contributed by atoms with van der Waals surface area (Å²) in [7, 11) is 3.92. The van der Waals surface area contributed by atoms with E-state index in [-0.39, 0.29) is 11.3 Å². The standard InChI is InChI=1S/C22H25N3O3/c1-15-8-10-16(11-9-15)20(26)18-19(17-7-4-5-12-23-17)25(22(28)21(18)27)14-6-13-24(2)3/h4-5,7-12,19,26H,6,13-14H2,1-3H3/b20-18+. The third-order valence-electron chi connectivity index (χ3n) is 4.84. The molecule has 1 aromatic heterocycles. The molecule has 6 heteroatoms. The number of amides is 1. The molecular weight excluding hydrogens is 354 g/mol. The van der Waals surface area contributed by atoms with Gasteiger partial charge in [0.05, 0.1) is 11.3 Å². The van der Waals surface area contributed by atoms with Crippen molar-refractivity contribution in [2.75, 3.05) is 27.2 Å². The molecule has 1 atom stereocenters. The molecule has 1 aliphatic rings. The summed E-state index contributed by atoms with van der Waals surface area (Å²) in [4.78, 5) is 33.5. The molecule has 0 radical (unpaired) electrons. The first-order chi connectivity index (χ1) is 13.4. The Kier molecular flexibility index (Phi) is 5.90. The van der Waals surface area contributed by atoms with Gasteiger partial charge in [0.25, 0.3) is 11.7 Å². The summed E-state index contributed by atoms with van der Waals surface area (Å²) in [6.45, 7) is 3.14. The van der Waals surface area contributed by atoms with Gasteiger partial charge in [-0.3, -0.25) is 14.6 Å². The van der Waals surface area contributed by atoms with E-state index in [4.69, 9.17) is 0 Å². The van der Waals surface area contributed by atoms with Gasteiger partial charge in [0, 0.05) is 18.3 Å². The van der Waals surface area contributed by atoms with E-state index >= 15 is 0 Å². The Bertz CT molecular complexity index is 889. The van der Waals surface area contributed by atoms with Crippen LogP contribution in [0.25, 0.3) is 5.76 Å². The zero-order valence-corrected chi connectivity index (χ0v) is 16.4. The summed E-state index contributed by atoms with van der Waals surface area (Å²) in [5, 5.41) is 10.9. The molecule has 2 aromatic rings. The van der Waals surface area contributed by atoms with Crippen LogP contribution < -0.4 is 0 Å². The van der Waals surface area contributed by atoms with Crippen molar-refractivity contribution in [2.45, 2.75) is 19.4 Å². The molecule has 146 valence electrons. The minimum absolute atomic E-state index is 0.0948. The second-order valence-corrected chi connectivity index (χ2v) is 7.27. The molecule has 28 heavy (non-hydrogen) atoms. The highest BCUT2D eigenvalue weighted by atomic mass is 16.3. The summed E-state index contributed by atoms with van der Waals surface area (Å²) in [5.74, 6) is -1.43. The molecule has 0 aliphatic carbocycles. The molecule has 0 spiro atoms. The molecule has 1 aromatic carbocycles. The summed E-state index contributed by atoms with van der Waals surface area (Å²) in [6, 6.07) is 11.9. The lowest BCUT2D eigenvalue weighted by Crippen LogP contribution is -2.32. The predicted octanol–water partition coefficient (Wildman–Crippen LogP) is 2.76. The van der Waals surface area contributed by atoms with Gasteiger partial charge in [-0.25, -0.2) is 0 Å². The van der Waals surface area contributed by atoms with Gasteiger partial charge in [-0.05, 0) is 46.1 Å². The van der Waals surface area contributed by atoms with E-state index in [1.165, 1.54) is 4.90 Å². The second-order valence-electron chi connectivity index (χ2n) is 7.27. The number of benzene rings is 1. The van der Waals surface area contributed by atoms with Crippen LogP contribution >= 0.6 is 0 Å². The molecule has 2 heterocycles. The number of carbonyl (C=O) groups excluding carboxylic acids is 2. The van der Waals surface area contributed by atoms with Crippen molar-refractivity contribution >= 4 is 17.4 Å². The average molecular weight is 379 g/mol. The highest BCUT2D eigenvalue weighted by Crippen LogP contribution is 2.38. The predicted molar refractivity (Wildman–Crippen MR) is 108 cm³/mol. The number of hydrogen-bond donors (Lipinski definition) is 1. The van der Waals surface area contributed by atoms with Crippen molar-refractivity contribution in [1.82, 2.24) is 14.8 Å². The van der Waals surface area contributed by atoms with Gasteiger partial charge >= 0.3 is 0 Å². The fourth-order valence-electron chi connectivity index (χ4n) is 3.38. The van der Waals surface area contributed by atoms with Crippen molar-refractivity contribution in [1.29, 1.82) is 0 Å². The number of carbonyl (C=O) groups is 2. The number of aliphatic hydroxyl groups excluding tert-OH is 1. The molecule has 1 unspecified atom stereocenters. The van der Waals surface area contributed by atoms with Crippen LogP contribution in [0.3, 0.4) is 0 Å². The minimum atomic E-state index is -0.690. The van der Waals surface area contributed by atoms with Crippen molar-refractivity contribution < 1.29 is 14.7 Å². The van der Waals surface area contributed by atoms with E-state index in [1.807, 2.05) is 44.1 Å². The summed E-state index contributed by atoms with van der Waals surface area (Å²) >= 11 is 0. The van der Waals surface area contributed by atoms with Gasteiger partial charge in [0.2, 0.25) is 0 Å². The number of pyridine rings is 1. The number of aromatic nitrogens is 1. The summed E-state index contributed by atoms with van der Waals surface area (Å²) < 4.78 is 0. The number of ketones is 1. The van der Waals surface area contributed by atoms with Gasteiger partial charge in [-0.1, -0.05) is 35.9 Å². The third-order valence-corrected chi connectivity index (χ3v) is 4.84. The van der Waals surface area contributed by atoms with E-state index in [2.05, 4.69) is 4.98 Å². The number of hydrogen-bond acceptors (Lipinski definition) is 5. The smallest absolute Gasteiger partial charge is 0.295 e. The molecule has 0 saturated carbocycles. The Morgan fingerprint density at radius 1 is 1.14 bits per heavy atom. The minimum Gasteiger partial charge on any atom is -0.507 e. The van der Waals surface area contributed by atoms with Crippen LogP contribution in [0, 0.1) is 6.92 Å². The Labute approximate surface area is 165 Å². The molecule has 1 saturated heterocycles. The monoisotopic (exact) mass is 379 g/mol. The maximum absolute atomic E-state index is 12.8. The van der Waals surface area contributed by atoms with Crippen LogP contribution in [0.2, 0.25) is 0 Å². The first-order valence-corrected chi connectivity index (χ1v) is 9.31. The summed E-state index contributed by atoms with van der Waals surface area (Å²) in [5.41, 5.74) is 2.22. The van der Waals surface area contributed by atoms with Crippen LogP contribution in [-0.2, 0) is 9.59 Å². The lowest BCUT2D eigenvalue weighted by Gasteiger charge is -2.25. The number of Topliss-reactive ketones (excluding diaryl/α,β-unsaturated/α-hetero) is 1. The third kappa shape index (κ3) is 3.97. The lowest BCUT2D eigenvalue weighted by molar-refractivity contribution is -0.140. The highest BCUT2D eigenvalue weighted by molar-refractivity contribution is 6.46. The Balaban J connectivity index is 2.06. The molecule has 3 rings (SSSR count). The first kappa shape index (κ1) is 19.8. The van der Waals surface area contributed by atoms with E-state index < -0.39 is 17.7 Å². The zero-order valence-electron chi connectivity index (χ0n) is 16.4. The fourth-order valence-corrected chi connectivity index (χ4v) is 3.38. The van der Waals surface area contributed by atoms with Crippen LogP contribution in [0.1, 0.15) is 29.3 Å². The Morgan fingerprint density at radius 3 is 2.46 bits per heavy atom. The number of nitrogens with zero attached hydrogens (tertiary/aromatic N) is 3. The maximum atomic E-state index is 12.8. The Morgan fingerprint density at radius 2 is 1.86 bits per heavy atom. The number of rotatable bonds is 6. The molecule has 1 fully saturated rings. The van der Waals surface area contributed by atoms with Crippen molar-refractivity contribution in [3.8, 4) is 0 Å². The molecule has 0 bridgehead atoms. The number of aryl methyl sites for hydroxylation is 1. The second kappa shape index (κ2) is 8.35. The van der Waals surface area contributed by atoms with E-state index in [9.17, 15) is 14.7 Å². The van der Waals surface area contributed by atoms with E-state index in [0.717, 1.165) is 12.1 Å². The Hall–Kier alpha value is -2.99. The van der Waals surface area contributed by atoms with Crippen LogP contribution in [0.4, 0.5) is 0 Å². The van der Waals surface area contributed by atoms with Crippen molar-refractivity contribution in [3.05, 3.63) is 71.1 Å². The van der Waals surface area contributed by atoms with Crippen molar-refractivity contribution in [3.63, 3.8) is 0 Å². The quantitative estimate of drug-likeness (QED) is 0.475. The summed E-state index contributed by atoms with van der Waals surface area (Å²) in [6.07, 6.45) is 2.34. The first-order valence-electron chi connectivity index (χ1n) is 9.31. The number of aliphatic hydroxyl groups is 1. The fraction of sp³-hybridized carbons (Fsp3) is 0.318. The van der Waals surface area contributed by atoms with Crippen LogP contribution in [-0.4, -0.2) is 58.8 Å². The van der Waals surface area contributed by atoms with Gasteiger partial charge in [-0.15, -0.1) is 0 Å². The SMILES string of the molecule is Cc1ccc(/C(O)=C2\C(=O)C(=O)N(CCCN(C)C)C2c2ccccn2)cc1.